The van der Waals surface area contributed by atoms with Crippen molar-refractivity contribution >= 4 is 78.0 Å². The van der Waals surface area contributed by atoms with Crippen molar-refractivity contribution in [2.45, 2.75) is 0 Å². The first-order valence-corrected chi connectivity index (χ1v) is 20.1. The summed E-state index contributed by atoms with van der Waals surface area (Å²) in [6.07, 6.45) is 3.42. The zero-order chi connectivity index (χ0) is 39.1. The molecule has 11 aromatic rings. The van der Waals surface area contributed by atoms with Crippen molar-refractivity contribution in [3.63, 3.8) is 0 Å². The number of oxazole rings is 2. The Morgan fingerprint density at radius 1 is 0.390 bits per heavy atom. The number of nitrogens with zero attached hydrogens (tertiary/aromatic N) is 6. The van der Waals surface area contributed by atoms with Gasteiger partial charge in [-0.2, -0.15) is 0 Å². The molecule has 0 atom stereocenters. The standard InChI is InChI=1S/C50H32N6O2S/c1-2-6-38(7-3-1)55(40-22-14-35(15-23-40)47-53-44-8-4-29-51-49(44)57-47)39-18-10-33(11-19-39)34-12-20-41(21-13-34)56(43-26-27-46-37(32-43)28-31-59-46)42-24-16-36(17-25-42)48-54-45-9-5-30-52-50(45)58-48/h1-32H. The average molecular weight is 781 g/mol. The second-order valence-corrected chi connectivity index (χ2v) is 15.0. The maximum Gasteiger partial charge on any atom is 0.247 e. The quantitative estimate of drug-likeness (QED) is 0.143. The lowest BCUT2D eigenvalue weighted by molar-refractivity contribution is 0.607. The number of thiophene rings is 1. The van der Waals surface area contributed by atoms with Crippen LogP contribution in [0, 0.1) is 0 Å². The van der Waals surface area contributed by atoms with Gasteiger partial charge in [0.15, 0.2) is 0 Å². The summed E-state index contributed by atoms with van der Waals surface area (Å²) in [7, 11) is 0. The van der Waals surface area contributed by atoms with Crippen LogP contribution in [0.15, 0.2) is 203 Å². The molecule has 0 saturated heterocycles. The molecule has 0 unspecified atom stereocenters. The number of fused-ring (bicyclic) bond motifs is 3. The van der Waals surface area contributed by atoms with Crippen LogP contribution in [-0.2, 0) is 0 Å². The third-order valence-corrected chi connectivity index (χ3v) is 11.3. The molecule has 8 nitrogen and oxygen atoms in total. The number of aromatic nitrogens is 4. The van der Waals surface area contributed by atoms with E-state index in [1.165, 1.54) is 10.1 Å². The van der Waals surface area contributed by atoms with Gasteiger partial charge in [-0.25, -0.2) is 19.9 Å². The van der Waals surface area contributed by atoms with E-state index in [9.17, 15) is 0 Å². The van der Waals surface area contributed by atoms with Gasteiger partial charge in [0.1, 0.15) is 11.0 Å². The van der Waals surface area contributed by atoms with Crippen molar-refractivity contribution in [1.29, 1.82) is 0 Å². The summed E-state index contributed by atoms with van der Waals surface area (Å²) in [5.74, 6) is 1.09. The molecule has 0 saturated carbocycles. The number of hydrogen-bond acceptors (Lipinski definition) is 9. The summed E-state index contributed by atoms with van der Waals surface area (Å²) in [6.45, 7) is 0. The van der Waals surface area contributed by atoms with E-state index >= 15 is 0 Å². The van der Waals surface area contributed by atoms with E-state index in [-0.39, 0.29) is 0 Å². The highest BCUT2D eigenvalue weighted by Crippen LogP contribution is 2.40. The van der Waals surface area contributed by atoms with E-state index in [1.54, 1.807) is 23.7 Å². The smallest absolute Gasteiger partial charge is 0.247 e. The molecule has 0 bridgehead atoms. The third-order valence-electron chi connectivity index (χ3n) is 10.4. The molecule has 0 fully saturated rings. The number of rotatable bonds is 9. The number of benzene rings is 6. The minimum absolute atomic E-state index is 0.530. The molecular weight excluding hydrogens is 749 g/mol. The molecule has 6 aromatic carbocycles. The molecule has 5 aromatic heterocycles. The average Bonchev–Trinajstić information content (AvgIpc) is 4.07. The van der Waals surface area contributed by atoms with E-state index < -0.39 is 0 Å². The molecular formula is C50H32N6O2S. The maximum atomic E-state index is 5.97. The highest BCUT2D eigenvalue weighted by molar-refractivity contribution is 7.17. The largest absolute Gasteiger partial charge is 0.418 e. The summed E-state index contributed by atoms with van der Waals surface area (Å²) >= 11 is 1.75. The van der Waals surface area contributed by atoms with Crippen LogP contribution in [0.2, 0.25) is 0 Å². The third kappa shape index (κ3) is 6.55. The zero-order valence-corrected chi connectivity index (χ0v) is 32.2. The van der Waals surface area contributed by atoms with E-state index in [1.807, 2.05) is 42.5 Å². The Hall–Kier alpha value is -7.88. The van der Waals surface area contributed by atoms with E-state index in [0.29, 0.717) is 23.2 Å². The number of anilines is 6. The highest BCUT2D eigenvalue weighted by Gasteiger charge is 2.17. The number of para-hydroxylation sites is 1. The molecule has 280 valence electrons. The highest BCUT2D eigenvalue weighted by atomic mass is 32.1. The first kappa shape index (κ1) is 34.4. The normalized spacial score (nSPS) is 11.4. The Kier molecular flexibility index (Phi) is 8.49. The topological polar surface area (TPSA) is 84.3 Å². The molecule has 9 heteroatoms. The van der Waals surface area contributed by atoms with Crippen molar-refractivity contribution in [3.8, 4) is 34.0 Å². The fourth-order valence-corrected chi connectivity index (χ4v) is 8.23. The van der Waals surface area contributed by atoms with Crippen molar-refractivity contribution in [2.24, 2.45) is 0 Å². The molecule has 5 heterocycles. The molecule has 0 aliphatic heterocycles. The van der Waals surface area contributed by atoms with Crippen LogP contribution in [0.5, 0.6) is 0 Å². The summed E-state index contributed by atoms with van der Waals surface area (Å²) < 4.78 is 13.2. The fraction of sp³-hybridized carbons (Fsp3) is 0. The first-order valence-electron chi connectivity index (χ1n) is 19.2. The van der Waals surface area contributed by atoms with Gasteiger partial charge in [-0.15, -0.1) is 11.3 Å². The van der Waals surface area contributed by atoms with Crippen molar-refractivity contribution < 1.29 is 8.83 Å². The Labute approximate surface area is 343 Å². The first-order chi connectivity index (χ1) is 29.2. The second kappa shape index (κ2) is 14.6. The van der Waals surface area contributed by atoms with Crippen molar-refractivity contribution in [2.75, 3.05) is 9.80 Å². The van der Waals surface area contributed by atoms with Gasteiger partial charge in [-0.3, -0.25) is 0 Å². The van der Waals surface area contributed by atoms with Gasteiger partial charge in [0, 0.05) is 62.3 Å². The van der Waals surface area contributed by atoms with Crippen LogP contribution in [0.3, 0.4) is 0 Å². The van der Waals surface area contributed by atoms with Crippen LogP contribution in [0.4, 0.5) is 34.1 Å². The van der Waals surface area contributed by atoms with Crippen molar-refractivity contribution in [3.05, 3.63) is 194 Å². The molecule has 0 aliphatic carbocycles. The predicted octanol–water partition coefficient (Wildman–Crippen LogP) is 13.9. The zero-order valence-electron chi connectivity index (χ0n) is 31.4. The summed E-state index contributed by atoms with van der Waals surface area (Å²) in [5, 5.41) is 3.35. The number of hydrogen-bond donors (Lipinski definition) is 0. The minimum Gasteiger partial charge on any atom is -0.418 e. The van der Waals surface area contributed by atoms with Crippen molar-refractivity contribution in [1.82, 2.24) is 19.9 Å². The molecule has 0 radical (unpaired) electrons. The van der Waals surface area contributed by atoms with E-state index in [0.717, 1.165) is 67.4 Å². The molecule has 0 spiro atoms. The lowest BCUT2D eigenvalue weighted by atomic mass is 10.0. The Bertz CT molecular complexity index is 3150. The van der Waals surface area contributed by atoms with Gasteiger partial charge in [0.05, 0.1) is 0 Å². The van der Waals surface area contributed by atoms with Crippen LogP contribution in [0.25, 0.3) is 66.6 Å². The monoisotopic (exact) mass is 780 g/mol. The van der Waals surface area contributed by atoms with E-state index in [4.69, 9.17) is 8.83 Å². The Balaban J connectivity index is 0.893. The lowest BCUT2D eigenvalue weighted by Gasteiger charge is -2.26. The Morgan fingerprint density at radius 3 is 1.32 bits per heavy atom. The Morgan fingerprint density at radius 2 is 0.831 bits per heavy atom. The fourth-order valence-electron chi connectivity index (χ4n) is 7.46. The van der Waals surface area contributed by atoms with Gasteiger partial charge in [0.2, 0.25) is 23.2 Å². The van der Waals surface area contributed by atoms with Gasteiger partial charge in [-0.05, 0) is 155 Å². The van der Waals surface area contributed by atoms with Gasteiger partial charge >= 0.3 is 0 Å². The maximum absolute atomic E-state index is 5.97. The molecule has 11 rings (SSSR count). The number of pyridine rings is 2. The van der Waals surface area contributed by atoms with Gasteiger partial charge in [-0.1, -0.05) is 42.5 Å². The lowest BCUT2D eigenvalue weighted by Crippen LogP contribution is -2.10. The molecule has 0 aliphatic rings. The predicted molar refractivity (Wildman–Crippen MR) is 238 cm³/mol. The van der Waals surface area contributed by atoms with Crippen LogP contribution in [-0.4, -0.2) is 19.9 Å². The summed E-state index contributed by atoms with van der Waals surface area (Å²) in [5.41, 5.74) is 12.8. The SMILES string of the molecule is c1ccc(N(c2ccc(-c3ccc(N(c4ccc(-c5nc6cccnc6o5)cc4)c4ccc5sccc5c4)cc3)cc2)c2ccc(-c3nc4cccnc4o3)cc2)cc1. The minimum atomic E-state index is 0.530. The van der Waals surface area contributed by atoms with E-state index in [2.05, 4.69) is 169 Å². The molecule has 0 amide bonds. The summed E-state index contributed by atoms with van der Waals surface area (Å²) in [6, 6.07) is 60.8. The van der Waals surface area contributed by atoms with Crippen LogP contribution >= 0.6 is 11.3 Å². The molecule has 0 N–H and O–H groups in total. The second-order valence-electron chi connectivity index (χ2n) is 14.0. The van der Waals surface area contributed by atoms with Gasteiger partial charge < -0.3 is 18.6 Å². The van der Waals surface area contributed by atoms with Crippen LogP contribution < -0.4 is 9.80 Å². The van der Waals surface area contributed by atoms with Crippen LogP contribution in [0.1, 0.15) is 0 Å². The van der Waals surface area contributed by atoms with Gasteiger partial charge in [0.25, 0.3) is 0 Å². The molecule has 59 heavy (non-hydrogen) atoms. The summed E-state index contributed by atoms with van der Waals surface area (Å²) in [4.78, 5) is 22.4.